The van der Waals surface area contributed by atoms with Crippen LogP contribution in [0.5, 0.6) is 5.75 Å². The fourth-order valence-electron chi connectivity index (χ4n) is 2.12. The molecule has 2 aromatic carbocycles. The minimum absolute atomic E-state index is 0.105. The molecule has 0 saturated heterocycles. The summed E-state index contributed by atoms with van der Waals surface area (Å²) in [5.41, 5.74) is 5.76. The number of hydrazine groups is 1. The van der Waals surface area contributed by atoms with Gasteiger partial charge in [0.1, 0.15) is 5.75 Å². The smallest absolute Gasteiger partial charge is 0.338 e. The Labute approximate surface area is 167 Å². The Bertz CT molecular complexity index is 806. The lowest BCUT2D eigenvalue weighted by molar-refractivity contribution is -0.129. The Hall–Kier alpha value is -3.06. The third-order valence-corrected chi connectivity index (χ3v) is 3.77. The van der Waals surface area contributed by atoms with Crippen LogP contribution in [0, 0.1) is 0 Å². The van der Waals surface area contributed by atoms with Gasteiger partial charge in [-0.3, -0.25) is 20.4 Å². The Morgan fingerprint density at radius 1 is 0.929 bits per heavy atom. The van der Waals surface area contributed by atoms with E-state index in [9.17, 15) is 14.4 Å². The molecule has 28 heavy (non-hydrogen) atoms. The number of carbonyl (C=O) groups is 3. The first-order valence-corrected chi connectivity index (χ1v) is 9.08. The van der Waals surface area contributed by atoms with E-state index in [1.807, 2.05) is 6.92 Å². The average Bonchev–Trinajstić information content (AvgIpc) is 2.71. The number of carbonyl (C=O) groups excluding carboxylic acids is 3. The van der Waals surface area contributed by atoms with Gasteiger partial charge in [0.2, 0.25) is 5.91 Å². The van der Waals surface area contributed by atoms with Crippen molar-refractivity contribution in [1.29, 1.82) is 0 Å². The third-order valence-electron chi connectivity index (χ3n) is 3.52. The quantitative estimate of drug-likeness (QED) is 0.521. The highest BCUT2D eigenvalue weighted by molar-refractivity contribution is 6.30. The number of hydrogen-bond donors (Lipinski definition) is 2. The molecule has 0 aliphatic carbocycles. The fraction of sp³-hybridized carbons (Fsp3) is 0.250. The largest absolute Gasteiger partial charge is 0.484 e. The van der Waals surface area contributed by atoms with Crippen molar-refractivity contribution in [3.8, 4) is 5.75 Å². The molecule has 0 aliphatic rings. The molecule has 2 N–H and O–H groups in total. The van der Waals surface area contributed by atoms with Gasteiger partial charge in [-0.1, -0.05) is 30.7 Å². The molecule has 0 saturated carbocycles. The van der Waals surface area contributed by atoms with Crippen LogP contribution in [0.15, 0.2) is 48.5 Å². The van der Waals surface area contributed by atoms with Crippen LogP contribution < -0.4 is 15.6 Å². The molecule has 2 aromatic rings. The fourth-order valence-corrected chi connectivity index (χ4v) is 2.25. The summed E-state index contributed by atoms with van der Waals surface area (Å²) in [4.78, 5) is 35.3. The molecule has 0 aliphatic heterocycles. The van der Waals surface area contributed by atoms with Crippen LogP contribution in [-0.2, 0) is 20.7 Å². The molecule has 0 heterocycles. The van der Waals surface area contributed by atoms with Gasteiger partial charge in [0, 0.05) is 5.02 Å². The van der Waals surface area contributed by atoms with E-state index in [0.29, 0.717) is 22.9 Å². The number of nitrogens with one attached hydrogen (secondary N) is 2. The van der Waals surface area contributed by atoms with E-state index in [1.54, 1.807) is 48.5 Å². The first-order chi connectivity index (χ1) is 13.5. The van der Waals surface area contributed by atoms with Crippen molar-refractivity contribution in [1.82, 2.24) is 10.9 Å². The summed E-state index contributed by atoms with van der Waals surface area (Å²) in [5.74, 6) is -0.884. The van der Waals surface area contributed by atoms with Gasteiger partial charge in [-0.25, -0.2) is 4.79 Å². The zero-order chi connectivity index (χ0) is 20.4. The predicted molar refractivity (Wildman–Crippen MR) is 104 cm³/mol. The summed E-state index contributed by atoms with van der Waals surface area (Å²) in [6.07, 6.45) is 0.853. The Balaban J connectivity index is 1.71. The maximum Gasteiger partial charge on any atom is 0.338 e. The van der Waals surface area contributed by atoms with E-state index in [0.717, 1.165) is 12.0 Å². The molecule has 0 fully saturated rings. The van der Waals surface area contributed by atoms with Crippen LogP contribution in [0.3, 0.4) is 0 Å². The number of esters is 1. The molecular formula is C20H21ClN2O5. The summed E-state index contributed by atoms with van der Waals surface area (Å²) in [6.45, 7) is 1.98. The van der Waals surface area contributed by atoms with E-state index in [2.05, 4.69) is 10.9 Å². The molecule has 0 bridgehead atoms. The van der Waals surface area contributed by atoms with Crippen molar-refractivity contribution < 1.29 is 23.9 Å². The molecule has 0 atom stereocenters. The Kier molecular flexibility index (Phi) is 8.30. The molecule has 7 nitrogen and oxygen atoms in total. The van der Waals surface area contributed by atoms with Crippen molar-refractivity contribution in [3.63, 3.8) is 0 Å². The number of rotatable bonds is 8. The van der Waals surface area contributed by atoms with Crippen LogP contribution in [0.2, 0.25) is 5.02 Å². The second-order valence-electron chi connectivity index (χ2n) is 5.85. The molecule has 0 aromatic heterocycles. The summed E-state index contributed by atoms with van der Waals surface area (Å²) >= 11 is 5.79. The molecule has 2 rings (SSSR count). The van der Waals surface area contributed by atoms with Crippen LogP contribution in [0.1, 0.15) is 29.3 Å². The van der Waals surface area contributed by atoms with E-state index in [1.165, 1.54) is 0 Å². The summed E-state index contributed by atoms with van der Waals surface area (Å²) in [5, 5.41) is 0.584. The SMILES string of the molecule is CCCOC(=O)c1ccc(OCC(=O)NNC(=O)Cc2ccc(Cl)cc2)cc1. The van der Waals surface area contributed by atoms with Crippen molar-refractivity contribution in [2.45, 2.75) is 19.8 Å². The van der Waals surface area contributed by atoms with E-state index >= 15 is 0 Å². The minimum Gasteiger partial charge on any atom is -0.484 e. The van der Waals surface area contributed by atoms with E-state index in [4.69, 9.17) is 21.1 Å². The highest BCUT2D eigenvalue weighted by atomic mass is 35.5. The molecule has 8 heteroatoms. The van der Waals surface area contributed by atoms with Crippen molar-refractivity contribution in [2.24, 2.45) is 0 Å². The number of ether oxygens (including phenoxy) is 2. The molecule has 0 spiro atoms. The zero-order valence-corrected chi connectivity index (χ0v) is 16.1. The molecule has 0 radical (unpaired) electrons. The molecule has 148 valence electrons. The van der Waals surface area contributed by atoms with Gasteiger partial charge in [0.25, 0.3) is 5.91 Å². The standard InChI is InChI=1S/C20H21ClN2O5/c1-2-11-27-20(26)15-5-9-17(10-6-15)28-13-19(25)23-22-18(24)12-14-3-7-16(21)8-4-14/h3-10H,2,11-13H2,1H3,(H,22,24)(H,23,25). The van der Waals surface area contributed by atoms with Gasteiger partial charge in [0.05, 0.1) is 18.6 Å². The predicted octanol–water partition coefficient (Wildman–Crippen LogP) is 2.68. The maximum atomic E-state index is 11.8. The number of halogens is 1. The summed E-state index contributed by atoms with van der Waals surface area (Å²) < 4.78 is 10.3. The van der Waals surface area contributed by atoms with Crippen molar-refractivity contribution in [3.05, 3.63) is 64.7 Å². The molecule has 0 unspecified atom stereocenters. The minimum atomic E-state index is -0.518. The monoisotopic (exact) mass is 404 g/mol. The Morgan fingerprint density at radius 3 is 2.21 bits per heavy atom. The van der Waals surface area contributed by atoms with Crippen LogP contribution >= 0.6 is 11.6 Å². The maximum absolute atomic E-state index is 11.8. The third kappa shape index (κ3) is 7.28. The van der Waals surface area contributed by atoms with Crippen LogP contribution in [0.25, 0.3) is 0 Å². The lowest BCUT2D eigenvalue weighted by Gasteiger charge is -2.09. The van der Waals surface area contributed by atoms with Gasteiger partial charge >= 0.3 is 5.97 Å². The van der Waals surface area contributed by atoms with E-state index in [-0.39, 0.29) is 18.9 Å². The molecule has 2 amide bonds. The van der Waals surface area contributed by atoms with Gasteiger partial charge in [0.15, 0.2) is 6.61 Å². The topological polar surface area (TPSA) is 93.7 Å². The lowest BCUT2D eigenvalue weighted by Crippen LogP contribution is -2.44. The highest BCUT2D eigenvalue weighted by Gasteiger charge is 2.09. The van der Waals surface area contributed by atoms with Crippen LogP contribution in [-0.4, -0.2) is 31.0 Å². The van der Waals surface area contributed by atoms with Gasteiger partial charge < -0.3 is 9.47 Å². The number of amides is 2. The number of benzene rings is 2. The van der Waals surface area contributed by atoms with Crippen molar-refractivity contribution >= 4 is 29.4 Å². The average molecular weight is 405 g/mol. The van der Waals surface area contributed by atoms with Crippen molar-refractivity contribution in [2.75, 3.05) is 13.2 Å². The van der Waals surface area contributed by atoms with Gasteiger partial charge in [-0.15, -0.1) is 0 Å². The Morgan fingerprint density at radius 2 is 1.57 bits per heavy atom. The van der Waals surface area contributed by atoms with Gasteiger partial charge in [-0.2, -0.15) is 0 Å². The number of hydrogen-bond acceptors (Lipinski definition) is 5. The van der Waals surface area contributed by atoms with Gasteiger partial charge in [-0.05, 0) is 48.4 Å². The molecular weight excluding hydrogens is 384 g/mol. The highest BCUT2D eigenvalue weighted by Crippen LogP contribution is 2.13. The first kappa shape index (κ1) is 21.2. The second kappa shape index (κ2) is 10.9. The lowest BCUT2D eigenvalue weighted by atomic mass is 10.1. The first-order valence-electron chi connectivity index (χ1n) is 8.70. The summed E-state index contributed by atoms with van der Waals surface area (Å²) in [6, 6.07) is 13.1. The van der Waals surface area contributed by atoms with Crippen LogP contribution in [0.4, 0.5) is 0 Å². The zero-order valence-electron chi connectivity index (χ0n) is 15.4. The normalized spacial score (nSPS) is 10.1. The van der Waals surface area contributed by atoms with E-state index < -0.39 is 11.9 Å². The second-order valence-corrected chi connectivity index (χ2v) is 6.29. The summed E-state index contributed by atoms with van der Waals surface area (Å²) in [7, 11) is 0.